The first-order valence-corrected chi connectivity index (χ1v) is 8.29. The molecule has 0 heterocycles. The SMILES string of the molecule is O=C(O)CN(CC1CC1)C1CC(NCc2c(F)ccc(O)c2F)C1. The molecule has 0 spiro atoms. The molecule has 5 nitrogen and oxygen atoms in total. The maximum Gasteiger partial charge on any atom is 0.317 e. The zero-order valence-electron chi connectivity index (χ0n) is 13.3. The van der Waals surface area contributed by atoms with Gasteiger partial charge < -0.3 is 15.5 Å². The Morgan fingerprint density at radius 3 is 2.62 bits per heavy atom. The van der Waals surface area contributed by atoms with Crippen molar-refractivity contribution in [3.05, 3.63) is 29.3 Å². The van der Waals surface area contributed by atoms with Crippen molar-refractivity contribution in [3.63, 3.8) is 0 Å². The molecule has 1 aromatic carbocycles. The van der Waals surface area contributed by atoms with Gasteiger partial charge in [0.15, 0.2) is 11.6 Å². The van der Waals surface area contributed by atoms with E-state index in [1.54, 1.807) is 0 Å². The monoisotopic (exact) mass is 340 g/mol. The molecule has 0 aromatic heterocycles. The van der Waals surface area contributed by atoms with Crippen molar-refractivity contribution in [2.75, 3.05) is 13.1 Å². The third kappa shape index (κ3) is 4.02. The maximum absolute atomic E-state index is 13.7. The van der Waals surface area contributed by atoms with E-state index in [1.807, 2.05) is 4.90 Å². The highest BCUT2D eigenvalue weighted by atomic mass is 19.1. The minimum absolute atomic E-state index is 0.00497. The van der Waals surface area contributed by atoms with Crippen LogP contribution in [0.2, 0.25) is 0 Å². The van der Waals surface area contributed by atoms with Crippen LogP contribution in [-0.4, -0.2) is 46.3 Å². The van der Waals surface area contributed by atoms with Gasteiger partial charge in [-0.25, -0.2) is 8.78 Å². The molecule has 0 aliphatic heterocycles. The first-order chi connectivity index (χ1) is 11.4. The highest BCUT2D eigenvalue weighted by Crippen LogP contribution is 2.34. The average Bonchev–Trinajstić information content (AvgIpc) is 3.27. The fourth-order valence-electron chi connectivity index (χ4n) is 3.19. The summed E-state index contributed by atoms with van der Waals surface area (Å²) in [6.07, 6.45) is 3.87. The highest BCUT2D eigenvalue weighted by molar-refractivity contribution is 5.69. The highest BCUT2D eigenvalue weighted by Gasteiger charge is 2.37. The van der Waals surface area contributed by atoms with Crippen LogP contribution in [0.3, 0.4) is 0 Å². The van der Waals surface area contributed by atoms with Crippen molar-refractivity contribution in [2.45, 2.75) is 44.3 Å². The Bertz CT molecular complexity index is 616. The Morgan fingerprint density at radius 1 is 1.29 bits per heavy atom. The molecule has 2 aliphatic carbocycles. The minimum atomic E-state index is -0.931. The number of nitrogens with one attached hydrogen (secondary N) is 1. The molecule has 0 unspecified atom stereocenters. The number of halogens is 2. The molecule has 1 aromatic rings. The van der Waals surface area contributed by atoms with Crippen molar-refractivity contribution in [1.82, 2.24) is 10.2 Å². The molecule has 24 heavy (non-hydrogen) atoms. The summed E-state index contributed by atoms with van der Waals surface area (Å²) in [7, 11) is 0. The third-order valence-electron chi connectivity index (χ3n) is 4.89. The van der Waals surface area contributed by atoms with E-state index >= 15 is 0 Å². The smallest absolute Gasteiger partial charge is 0.317 e. The van der Waals surface area contributed by atoms with Crippen LogP contribution in [0.5, 0.6) is 5.75 Å². The van der Waals surface area contributed by atoms with Crippen LogP contribution in [0.25, 0.3) is 0 Å². The van der Waals surface area contributed by atoms with E-state index in [1.165, 1.54) is 12.8 Å². The summed E-state index contributed by atoms with van der Waals surface area (Å²) >= 11 is 0. The molecular weight excluding hydrogens is 318 g/mol. The van der Waals surface area contributed by atoms with Gasteiger partial charge in [0, 0.05) is 30.7 Å². The Hall–Kier alpha value is -1.73. The molecule has 2 saturated carbocycles. The topological polar surface area (TPSA) is 72.8 Å². The van der Waals surface area contributed by atoms with Gasteiger partial charge in [-0.2, -0.15) is 0 Å². The number of phenolic OH excluding ortho intramolecular Hbond substituents is 1. The van der Waals surface area contributed by atoms with Crippen molar-refractivity contribution in [3.8, 4) is 5.75 Å². The number of carboxylic acid groups (broad SMARTS) is 1. The van der Waals surface area contributed by atoms with Crippen LogP contribution in [0.4, 0.5) is 8.78 Å². The quantitative estimate of drug-likeness (QED) is 0.676. The zero-order valence-corrected chi connectivity index (χ0v) is 13.3. The summed E-state index contributed by atoms with van der Waals surface area (Å²) < 4.78 is 27.4. The van der Waals surface area contributed by atoms with Crippen molar-refractivity contribution in [2.24, 2.45) is 5.92 Å². The number of hydrogen-bond donors (Lipinski definition) is 3. The predicted molar refractivity (Wildman–Crippen MR) is 83.6 cm³/mol. The first kappa shape index (κ1) is 17.1. The summed E-state index contributed by atoms with van der Waals surface area (Å²) in [5.41, 5.74) is -0.168. The lowest BCUT2D eigenvalue weighted by Gasteiger charge is -2.43. The van der Waals surface area contributed by atoms with Crippen LogP contribution in [0.1, 0.15) is 31.2 Å². The van der Waals surface area contributed by atoms with Crippen LogP contribution in [0.15, 0.2) is 12.1 Å². The van der Waals surface area contributed by atoms with Gasteiger partial charge in [0.1, 0.15) is 5.82 Å². The van der Waals surface area contributed by atoms with Crippen LogP contribution in [-0.2, 0) is 11.3 Å². The Labute approximate surface area is 139 Å². The van der Waals surface area contributed by atoms with Gasteiger partial charge in [0.25, 0.3) is 0 Å². The lowest BCUT2D eigenvalue weighted by Crippen LogP contribution is -2.54. The fourth-order valence-corrected chi connectivity index (χ4v) is 3.19. The number of hydrogen-bond acceptors (Lipinski definition) is 4. The van der Waals surface area contributed by atoms with E-state index in [0.717, 1.165) is 31.5 Å². The van der Waals surface area contributed by atoms with E-state index in [0.29, 0.717) is 5.92 Å². The van der Waals surface area contributed by atoms with Gasteiger partial charge in [0.05, 0.1) is 6.54 Å². The second kappa shape index (κ2) is 7.03. The molecule has 3 N–H and O–H groups in total. The summed E-state index contributed by atoms with van der Waals surface area (Å²) in [5.74, 6) is -2.38. The molecule has 2 fully saturated rings. The largest absolute Gasteiger partial charge is 0.505 e. The van der Waals surface area contributed by atoms with E-state index in [9.17, 15) is 18.7 Å². The summed E-state index contributed by atoms with van der Waals surface area (Å²) in [5, 5.41) is 21.4. The first-order valence-electron chi connectivity index (χ1n) is 8.29. The van der Waals surface area contributed by atoms with Crippen molar-refractivity contribution in [1.29, 1.82) is 0 Å². The average molecular weight is 340 g/mol. The molecular formula is C17H22F2N2O3. The van der Waals surface area contributed by atoms with Gasteiger partial charge in [-0.1, -0.05) is 0 Å². The fraction of sp³-hybridized carbons (Fsp3) is 0.588. The van der Waals surface area contributed by atoms with Gasteiger partial charge in [-0.15, -0.1) is 0 Å². The zero-order chi connectivity index (χ0) is 17.3. The number of aliphatic carboxylic acids is 1. The van der Waals surface area contributed by atoms with E-state index in [4.69, 9.17) is 5.11 Å². The Morgan fingerprint density at radius 2 is 2.00 bits per heavy atom. The van der Waals surface area contributed by atoms with E-state index < -0.39 is 23.4 Å². The molecule has 0 atom stereocenters. The van der Waals surface area contributed by atoms with Gasteiger partial charge in [0.2, 0.25) is 0 Å². The lowest BCUT2D eigenvalue weighted by molar-refractivity contribution is -0.139. The number of nitrogens with zero attached hydrogens (tertiary/aromatic N) is 1. The molecule has 0 radical (unpaired) electrons. The molecule has 0 bridgehead atoms. The number of carboxylic acids is 1. The summed E-state index contributed by atoms with van der Waals surface area (Å²) in [6, 6.07) is 2.35. The van der Waals surface area contributed by atoms with Crippen LogP contribution >= 0.6 is 0 Å². The third-order valence-corrected chi connectivity index (χ3v) is 4.89. The van der Waals surface area contributed by atoms with Crippen molar-refractivity contribution < 1.29 is 23.8 Å². The molecule has 0 saturated heterocycles. The molecule has 132 valence electrons. The predicted octanol–water partition coefficient (Wildman–Crippen LogP) is 2.09. The standard InChI is InChI=1S/C17H22F2N2O3/c18-14-3-4-15(22)17(19)13(14)7-20-11-5-12(6-11)21(9-16(23)24)8-10-1-2-10/h3-4,10-12,20,22H,1-2,5-9H2,(H,23,24). The van der Waals surface area contributed by atoms with E-state index in [2.05, 4.69) is 5.32 Å². The number of phenols is 1. The second-order valence-corrected chi connectivity index (χ2v) is 6.83. The van der Waals surface area contributed by atoms with Gasteiger partial charge >= 0.3 is 5.97 Å². The maximum atomic E-state index is 13.7. The molecule has 2 aliphatic rings. The number of benzene rings is 1. The second-order valence-electron chi connectivity index (χ2n) is 6.83. The summed E-state index contributed by atoms with van der Waals surface area (Å²) in [4.78, 5) is 13.0. The van der Waals surface area contributed by atoms with Gasteiger partial charge in [-0.3, -0.25) is 9.69 Å². The Kier molecular flexibility index (Phi) is 5.01. The lowest BCUT2D eigenvalue weighted by atomic mass is 9.85. The minimum Gasteiger partial charge on any atom is -0.505 e. The number of aromatic hydroxyl groups is 1. The Balaban J connectivity index is 1.49. The molecule has 3 rings (SSSR count). The number of rotatable bonds is 8. The number of carbonyl (C=O) groups is 1. The normalized spacial score (nSPS) is 23.3. The van der Waals surface area contributed by atoms with Crippen LogP contribution < -0.4 is 5.32 Å². The van der Waals surface area contributed by atoms with Crippen LogP contribution in [0, 0.1) is 17.6 Å². The summed E-state index contributed by atoms with van der Waals surface area (Å²) in [6.45, 7) is 0.869. The van der Waals surface area contributed by atoms with Gasteiger partial charge in [-0.05, 0) is 43.7 Å². The molecule has 0 amide bonds. The van der Waals surface area contributed by atoms with E-state index in [-0.39, 0.29) is 30.7 Å². The molecule has 7 heteroatoms. The van der Waals surface area contributed by atoms with Crippen molar-refractivity contribution >= 4 is 5.97 Å².